The topological polar surface area (TPSA) is 47.9 Å². The molecule has 2 aromatic rings. The second-order valence-corrected chi connectivity index (χ2v) is 6.39. The normalized spacial score (nSPS) is 21.3. The first-order valence-corrected chi connectivity index (χ1v) is 8.88. The molecule has 1 aliphatic rings. The van der Waals surface area contributed by atoms with Gasteiger partial charge in [0.25, 0.3) is 0 Å². The smallest absolute Gasteiger partial charge is 0.107 e. The maximum absolute atomic E-state index is 9.64. The Morgan fingerprint density at radius 2 is 1.56 bits per heavy atom. The van der Waals surface area contributed by atoms with Gasteiger partial charge in [0.1, 0.15) is 6.10 Å². The molecule has 3 rings (SSSR count). The van der Waals surface area contributed by atoms with E-state index in [4.69, 9.17) is 14.2 Å². The van der Waals surface area contributed by atoms with Crippen molar-refractivity contribution < 1.29 is 19.3 Å². The van der Waals surface area contributed by atoms with Crippen molar-refractivity contribution in [1.82, 2.24) is 0 Å². The van der Waals surface area contributed by atoms with Crippen molar-refractivity contribution in [2.75, 3.05) is 13.2 Å². The van der Waals surface area contributed by atoms with Crippen LogP contribution in [0.3, 0.4) is 0 Å². The molecule has 1 fully saturated rings. The summed E-state index contributed by atoms with van der Waals surface area (Å²) in [6, 6.07) is 20.1. The van der Waals surface area contributed by atoms with Crippen LogP contribution in [0.2, 0.25) is 0 Å². The predicted octanol–water partition coefficient (Wildman–Crippen LogP) is 3.33. The van der Waals surface area contributed by atoms with Crippen LogP contribution in [0.5, 0.6) is 0 Å². The molecule has 2 aromatic carbocycles. The summed E-state index contributed by atoms with van der Waals surface area (Å²) in [5.41, 5.74) is 2.26. The van der Waals surface area contributed by atoms with Crippen LogP contribution in [-0.4, -0.2) is 36.6 Å². The fraction of sp³-hybridized carbons (Fsp3) is 0.429. The summed E-state index contributed by atoms with van der Waals surface area (Å²) < 4.78 is 17.7. The lowest BCUT2D eigenvalue weighted by atomic mass is 10.1. The van der Waals surface area contributed by atoms with E-state index >= 15 is 0 Å². The number of rotatable bonds is 9. The van der Waals surface area contributed by atoms with Crippen LogP contribution in [0.25, 0.3) is 0 Å². The summed E-state index contributed by atoms with van der Waals surface area (Å²) in [7, 11) is 0. The maximum atomic E-state index is 9.64. The highest BCUT2D eigenvalue weighted by molar-refractivity contribution is 5.14. The third-order valence-corrected chi connectivity index (χ3v) is 4.46. The highest BCUT2D eigenvalue weighted by atomic mass is 16.6. The summed E-state index contributed by atoms with van der Waals surface area (Å²) >= 11 is 0. The Morgan fingerprint density at radius 3 is 2.20 bits per heavy atom. The first-order chi connectivity index (χ1) is 12.3. The zero-order valence-corrected chi connectivity index (χ0v) is 14.4. The van der Waals surface area contributed by atoms with Crippen LogP contribution in [0.4, 0.5) is 0 Å². The molecule has 0 aliphatic carbocycles. The van der Waals surface area contributed by atoms with Gasteiger partial charge in [-0.3, -0.25) is 0 Å². The van der Waals surface area contributed by atoms with Gasteiger partial charge in [0.05, 0.1) is 38.6 Å². The summed E-state index contributed by atoms with van der Waals surface area (Å²) in [6.45, 7) is 1.62. The summed E-state index contributed by atoms with van der Waals surface area (Å²) in [5, 5.41) is 9.64. The molecule has 0 bridgehead atoms. The van der Waals surface area contributed by atoms with Gasteiger partial charge in [-0.2, -0.15) is 0 Å². The van der Waals surface area contributed by atoms with E-state index in [9.17, 15) is 5.11 Å². The van der Waals surface area contributed by atoms with Crippen molar-refractivity contribution in [3.8, 4) is 0 Å². The third kappa shape index (κ3) is 5.65. The number of ether oxygens (including phenoxy) is 3. The zero-order chi connectivity index (χ0) is 17.3. The zero-order valence-electron chi connectivity index (χ0n) is 14.4. The quantitative estimate of drug-likeness (QED) is 0.759. The SMILES string of the molecule is OC[C@H](OCc1ccccc1)[C@H]1CC[C@H](COCc2ccccc2)O1. The molecule has 0 amide bonds. The molecule has 1 aliphatic heterocycles. The fourth-order valence-corrected chi connectivity index (χ4v) is 3.07. The second-order valence-electron chi connectivity index (χ2n) is 6.39. The molecule has 0 saturated carbocycles. The lowest BCUT2D eigenvalue weighted by Crippen LogP contribution is -2.33. The largest absolute Gasteiger partial charge is 0.394 e. The molecule has 1 heterocycles. The van der Waals surface area contributed by atoms with E-state index in [-0.39, 0.29) is 24.9 Å². The molecular weight excluding hydrogens is 316 g/mol. The van der Waals surface area contributed by atoms with E-state index in [1.54, 1.807) is 0 Å². The summed E-state index contributed by atoms with van der Waals surface area (Å²) in [4.78, 5) is 0. The number of aliphatic hydroxyl groups excluding tert-OH is 1. The number of hydrogen-bond acceptors (Lipinski definition) is 4. The van der Waals surface area contributed by atoms with Gasteiger partial charge in [0.2, 0.25) is 0 Å². The van der Waals surface area contributed by atoms with Gasteiger partial charge in [0.15, 0.2) is 0 Å². The minimum Gasteiger partial charge on any atom is -0.394 e. The summed E-state index contributed by atoms with van der Waals surface area (Å²) in [6.07, 6.45) is 1.53. The Balaban J connectivity index is 1.39. The molecule has 4 heteroatoms. The second kappa shape index (κ2) is 9.68. The van der Waals surface area contributed by atoms with Crippen molar-refractivity contribution in [2.45, 2.75) is 44.4 Å². The number of hydrogen-bond donors (Lipinski definition) is 1. The molecule has 134 valence electrons. The predicted molar refractivity (Wildman–Crippen MR) is 96.1 cm³/mol. The molecule has 0 spiro atoms. The minimum atomic E-state index is -0.292. The Hall–Kier alpha value is -1.72. The van der Waals surface area contributed by atoms with Crippen LogP contribution in [-0.2, 0) is 27.4 Å². The molecular formula is C21H26O4. The molecule has 0 aromatic heterocycles. The van der Waals surface area contributed by atoms with Gasteiger partial charge >= 0.3 is 0 Å². The Bertz CT molecular complexity index is 602. The van der Waals surface area contributed by atoms with E-state index in [0.717, 1.165) is 24.0 Å². The van der Waals surface area contributed by atoms with E-state index in [1.165, 1.54) is 0 Å². The van der Waals surface area contributed by atoms with E-state index in [1.807, 2.05) is 48.5 Å². The van der Waals surface area contributed by atoms with Gasteiger partial charge < -0.3 is 19.3 Å². The van der Waals surface area contributed by atoms with Crippen LogP contribution >= 0.6 is 0 Å². The molecule has 4 nitrogen and oxygen atoms in total. The highest BCUT2D eigenvalue weighted by Gasteiger charge is 2.32. The van der Waals surface area contributed by atoms with E-state index < -0.39 is 0 Å². The van der Waals surface area contributed by atoms with Crippen LogP contribution in [0.1, 0.15) is 24.0 Å². The summed E-state index contributed by atoms with van der Waals surface area (Å²) in [5.74, 6) is 0. The number of benzene rings is 2. The van der Waals surface area contributed by atoms with Crippen LogP contribution in [0, 0.1) is 0 Å². The lowest BCUT2D eigenvalue weighted by Gasteiger charge is -2.22. The molecule has 25 heavy (non-hydrogen) atoms. The average molecular weight is 342 g/mol. The standard InChI is InChI=1S/C21H26O4/c22-13-21(24-15-18-9-5-2-6-10-18)20-12-11-19(25-20)16-23-14-17-7-3-1-4-8-17/h1-10,19-22H,11-16H2/t19-,20-,21+/m1/s1. The molecule has 0 unspecified atom stereocenters. The fourth-order valence-electron chi connectivity index (χ4n) is 3.07. The van der Waals surface area contributed by atoms with Gasteiger partial charge in [-0.15, -0.1) is 0 Å². The van der Waals surface area contributed by atoms with Crippen molar-refractivity contribution in [2.24, 2.45) is 0 Å². The van der Waals surface area contributed by atoms with Crippen LogP contribution < -0.4 is 0 Å². The van der Waals surface area contributed by atoms with Gasteiger partial charge in [0, 0.05) is 0 Å². The van der Waals surface area contributed by atoms with Crippen molar-refractivity contribution in [3.05, 3.63) is 71.8 Å². The van der Waals surface area contributed by atoms with Crippen molar-refractivity contribution in [1.29, 1.82) is 0 Å². The lowest BCUT2D eigenvalue weighted by molar-refractivity contribution is -0.106. The van der Waals surface area contributed by atoms with Gasteiger partial charge in [-0.1, -0.05) is 60.7 Å². The van der Waals surface area contributed by atoms with Gasteiger partial charge in [-0.25, -0.2) is 0 Å². The first-order valence-electron chi connectivity index (χ1n) is 8.88. The molecule has 1 N–H and O–H groups in total. The van der Waals surface area contributed by atoms with E-state index in [0.29, 0.717) is 19.8 Å². The Morgan fingerprint density at radius 1 is 0.920 bits per heavy atom. The van der Waals surface area contributed by atoms with Gasteiger partial charge in [-0.05, 0) is 24.0 Å². The highest BCUT2D eigenvalue weighted by Crippen LogP contribution is 2.25. The third-order valence-electron chi connectivity index (χ3n) is 4.46. The van der Waals surface area contributed by atoms with E-state index in [2.05, 4.69) is 12.1 Å². The molecule has 0 radical (unpaired) electrons. The first kappa shape index (κ1) is 18.1. The van der Waals surface area contributed by atoms with Crippen molar-refractivity contribution >= 4 is 0 Å². The molecule has 3 atom stereocenters. The minimum absolute atomic E-state index is 0.0326. The maximum Gasteiger partial charge on any atom is 0.107 e. The van der Waals surface area contributed by atoms with Crippen LogP contribution in [0.15, 0.2) is 60.7 Å². The van der Waals surface area contributed by atoms with Crippen molar-refractivity contribution in [3.63, 3.8) is 0 Å². The average Bonchev–Trinajstić information content (AvgIpc) is 3.13. The Labute approximate surface area is 149 Å². The molecule has 1 saturated heterocycles. The Kier molecular flexibility index (Phi) is 7.00. The monoisotopic (exact) mass is 342 g/mol. The number of aliphatic hydroxyl groups is 1.